The zero-order chi connectivity index (χ0) is 26.7. The predicted molar refractivity (Wildman–Crippen MR) is 144 cm³/mol. The number of hydrogen-bond donors (Lipinski definition) is 1. The van der Waals surface area contributed by atoms with E-state index in [4.69, 9.17) is 37.9 Å². The molecule has 0 bridgehead atoms. The van der Waals surface area contributed by atoms with Crippen LogP contribution in [0.1, 0.15) is 19.7 Å². The maximum atomic E-state index is 13.1. The SMILES string of the molecule is COC(=O)[C@@H](Nc1nc(CN2CCN(S(=O)(=O)c3cccc(Cl)c3Cl)CC2)nc2ccccc12)C(C)C. The molecule has 1 atom stereocenters. The van der Waals surface area contributed by atoms with Crippen molar-refractivity contribution in [2.45, 2.75) is 31.3 Å². The van der Waals surface area contributed by atoms with Gasteiger partial charge in [0.15, 0.2) is 0 Å². The molecule has 4 rings (SSSR count). The second kappa shape index (κ2) is 11.5. The number of hydrogen-bond acceptors (Lipinski definition) is 8. The standard InChI is InChI=1S/C25H29Cl2N5O4S/c1-16(2)23(25(33)36-3)30-24-17-7-4-5-9-19(17)28-21(29-24)15-31-11-13-32(14-12-31)37(34,35)20-10-6-8-18(26)22(20)27/h4-10,16,23H,11-15H2,1-3H3,(H,28,29,30)/t23-/m0/s1. The number of piperazine rings is 1. The number of benzene rings is 2. The lowest BCUT2D eigenvalue weighted by molar-refractivity contribution is -0.142. The molecule has 198 valence electrons. The van der Waals surface area contributed by atoms with Crippen LogP contribution < -0.4 is 5.32 Å². The quantitative estimate of drug-likeness (QED) is 0.408. The van der Waals surface area contributed by atoms with Crippen molar-refractivity contribution < 1.29 is 17.9 Å². The van der Waals surface area contributed by atoms with Crippen LogP contribution in [-0.2, 0) is 26.1 Å². The van der Waals surface area contributed by atoms with Gasteiger partial charge in [-0.1, -0.05) is 55.2 Å². The lowest BCUT2D eigenvalue weighted by Crippen LogP contribution is -2.48. The van der Waals surface area contributed by atoms with Crippen LogP contribution in [0.4, 0.5) is 5.82 Å². The molecule has 0 aliphatic carbocycles. The van der Waals surface area contributed by atoms with E-state index in [1.807, 2.05) is 38.1 Å². The molecule has 2 aromatic carbocycles. The Balaban J connectivity index is 1.51. The van der Waals surface area contributed by atoms with Crippen LogP contribution in [0.3, 0.4) is 0 Å². The molecule has 0 saturated carbocycles. The number of carbonyl (C=O) groups excluding carboxylic acids is 1. The molecule has 1 N–H and O–H groups in total. The Morgan fingerprint density at radius 1 is 1.05 bits per heavy atom. The third kappa shape index (κ3) is 5.99. The van der Waals surface area contributed by atoms with Gasteiger partial charge in [-0.25, -0.2) is 23.2 Å². The second-order valence-electron chi connectivity index (χ2n) is 9.13. The lowest BCUT2D eigenvalue weighted by atomic mass is 10.0. The molecule has 1 aliphatic rings. The molecule has 37 heavy (non-hydrogen) atoms. The summed E-state index contributed by atoms with van der Waals surface area (Å²) >= 11 is 12.2. The molecule has 1 saturated heterocycles. The summed E-state index contributed by atoms with van der Waals surface area (Å²) in [6, 6.07) is 11.6. The number of rotatable bonds is 8. The number of aromatic nitrogens is 2. The van der Waals surface area contributed by atoms with Gasteiger partial charge >= 0.3 is 5.97 Å². The van der Waals surface area contributed by atoms with Crippen molar-refractivity contribution >= 4 is 55.9 Å². The van der Waals surface area contributed by atoms with Crippen LogP contribution in [0.25, 0.3) is 10.9 Å². The largest absolute Gasteiger partial charge is 0.467 e. The highest BCUT2D eigenvalue weighted by Crippen LogP contribution is 2.31. The number of halogens is 2. The van der Waals surface area contributed by atoms with E-state index in [2.05, 4.69) is 10.2 Å². The minimum absolute atomic E-state index is 0.00834. The molecule has 2 heterocycles. The Morgan fingerprint density at radius 3 is 2.43 bits per heavy atom. The summed E-state index contributed by atoms with van der Waals surface area (Å²) in [6.07, 6.45) is 0. The summed E-state index contributed by atoms with van der Waals surface area (Å²) in [4.78, 5) is 23.9. The van der Waals surface area contributed by atoms with E-state index in [0.717, 1.165) is 10.9 Å². The number of para-hydroxylation sites is 1. The van der Waals surface area contributed by atoms with E-state index >= 15 is 0 Å². The minimum Gasteiger partial charge on any atom is -0.467 e. The van der Waals surface area contributed by atoms with Crippen molar-refractivity contribution in [1.29, 1.82) is 0 Å². The zero-order valence-electron chi connectivity index (χ0n) is 20.8. The number of sulfonamides is 1. The highest BCUT2D eigenvalue weighted by atomic mass is 35.5. The molecule has 1 aromatic heterocycles. The Bertz CT molecular complexity index is 1400. The van der Waals surface area contributed by atoms with E-state index in [0.29, 0.717) is 44.4 Å². The molecular weight excluding hydrogens is 537 g/mol. The number of esters is 1. The Kier molecular flexibility index (Phi) is 8.55. The first-order valence-electron chi connectivity index (χ1n) is 11.9. The molecule has 9 nitrogen and oxygen atoms in total. The average molecular weight is 567 g/mol. The first-order chi connectivity index (χ1) is 17.6. The maximum absolute atomic E-state index is 13.1. The number of fused-ring (bicyclic) bond motifs is 1. The van der Waals surface area contributed by atoms with E-state index in [1.54, 1.807) is 12.1 Å². The van der Waals surface area contributed by atoms with Gasteiger partial charge in [0.05, 0.1) is 29.2 Å². The van der Waals surface area contributed by atoms with Crippen molar-refractivity contribution in [3.05, 3.63) is 58.3 Å². The van der Waals surface area contributed by atoms with Crippen molar-refractivity contribution in [1.82, 2.24) is 19.2 Å². The first-order valence-corrected chi connectivity index (χ1v) is 14.1. The normalized spacial score (nSPS) is 16.2. The molecule has 0 unspecified atom stereocenters. The molecule has 0 amide bonds. The summed E-state index contributed by atoms with van der Waals surface area (Å²) < 4.78 is 32.7. The van der Waals surface area contributed by atoms with E-state index in [-0.39, 0.29) is 26.8 Å². The summed E-state index contributed by atoms with van der Waals surface area (Å²) in [6.45, 7) is 5.87. The fourth-order valence-corrected chi connectivity index (χ4v) is 6.39. The first kappa shape index (κ1) is 27.5. The van der Waals surface area contributed by atoms with Crippen molar-refractivity contribution in [3.63, 3.8) is 0 Å². The van der Waals surface area contributed by atoms with Gasteiger partial charge < -0.3 is 10.1 Å². The van der Waals surface area contributed by atoms with Gasteiger partial charge in [0.2, 0.25) is 10.0 Å². The highest BCUT2D eigenvalue weighted by Gasteiger charge is 2.31. The second-order valence-corrected chi connectivity index (χ2v) is 11.8. The van der Waals surface area contributed by atoms with Crippen LogP contribution in [0.2, 0.25) is 10.0 Å². The third-order valence-electron chi connectivity index (χ3n) is 6.29. The fraction of sp³-hybridized carbons (Fsp3) is 0.400. The Labute approximate surface area is 226 Å². The molecule has 3 aromatic rings. The van der Waals surface area contributed by atoms with Gasteiger partial charge in [-0.2, -0.15) is 4.31 Å². The topological polar surface area (TPSA) is 105 Å². The van der Waals surface area contributed by atoms with Crippen LogP contribution in [0.15, 0.2) is 47.4 Å². The summed E-state index contributed by atoms with van der Waals surface area (Å²) in [5.74, 6) is 0.744. The van der Waals surface area contributed by atoms with E-state index in [1.165, 1.54) is 17.5 Å². The van der Waals surface area contributed by atoms with Gasteiger partial charge in [-0.3, -0.25) is 4.90 Å². The van der Waals surface area contributed by atoms with E-state index < -0.39 is 16.1 Å². The van der Waals surface area contributed by atoms with Crippen LogP contribution in [0, 0.1) is 5.92 Å². The van der Waals surface area contributed by atoms with E-state index in [9.17, 15) is 13.2 Å². The highest BCUT2D eigenvalue weighted by molar-refractivity contribution is 7.89. The Hall–Kier alpha value is -2.50. The van der Waals surface area contributed by atoms with Gasteiger partial charge in [0.1, 0.15) is 22.6 Å². The van der Waals surface area contributed by atoms with Crippen LogP contribution in [0.5, 0.6) is 0 Å². The van der Waals surface area contributed by atoms with Gasteiger partial charge in [-0.15, -0.1) is 0 Å². The molecule has 1 fully saturated rings. The zero-order valence-corrected chi connectivity index (χ0v) is 23.1. The maximum Gasteiger partial charge on any atom is 0.328 e. The molecular formula is C25H29Cl2N5O4S. The average Bonchev–Trinajstić information content (AvgIpc) is 2.88. The Morgan fingerprint density at radius 2 is 1.76 bits per heavy atom. The van der Waals surface area contributed by atoms with Crippen LogP contribution in [-0.4, -0.2) is 72.9 Å². The number of nitrogens with one attached hydrogen (secondary N) is 1. The molecule has 1 aliphatic heterocycles. The van der Waals surface area contributed by atoms with Crippen molar-refractivity contribution in [2.24, 2.45) is 5.92 Å². The molecule has 0 spiro atoms. The van der Waals surface area contributed by atoms with Gasteiger partial charge in [0.25, 0.3) is 0 Å². The number of nitrogens with zero attached hydrogens (tertiary/aromatic N) is 4. The number of ether oxygens (including phenoxy) is 1. The number of carbonyl (C=O) groups is 1. The summed E-state index contributed by atoms with van der Waals surface area (Å²) in [7, 11) is -2.41. The molecule has 0 radical (unpaired) electrons. The molecule has 12 heteroatoms. The summed E-state index contributed by atoms with van der Waals surface area (Å²) in [5.41, 5.74) is 0.749. The predicted octanol–water partition coefficient (Wildman–Crippen LogP) is 4.05. The summed E-state index contributed by atoms with van der Waals surface area (Å²) in [5, 5.41) is 4.28. The smallest absolute Gasteiger partial charge is 0.328 e. The van der Waals surface area contributed by atoms with Crippen molar-refractivity contribution in [2.75, 3.05) is 38.6 Å². The monoisotopic (exact) mass is 565 g/mol. The minimum atomic E-state index is -3.77. The van der Waals surface area contributed by atoms with Crippen LogP contribution >= 0.6 is 23.2 Å². The fourth-order valence-electron chi connectivity index (χ4n) is 4.23. The lowest BCUT2D eigenvalue weighted by Gasteiger charge is -2.33. The van der Waals surface area contributed by atoms with Crippen molar-refractivity contribution in [3.8, 4) is 0 Å². The van der Waals surface area contributed by atoms with Gasteiger partial charge in [-0.05, 0) is 30.2 Å². The van der Waals surface area contributed by atoms with Gasteiger partial charge in [0, 0.05) is 31.6 Å². The number of methoxy groups -OCH3 is 1. The number of anilines is 1. The third-order valence-corrected chi connectivity index (χ3v) is 9.17.